The van der Waals surface area contributed by atoms with Crippen LogP contribution in [0, 0.1) is 6.92 Å². The van der Waals surface area contributed by atoms with Gasteiger partial charge < -0.3 is 0 Å². The zero-order valence-corrected chi connectivity index (χ0v) is 15.1. The van der Waals surface area contributed by atoms with E-state index in [1.807, 2.05) is 50.2 Å². The Balaban J connectivity index is 1.72. The van der Waals surface area contributed by atoms with E-state index >= 15 is 0 Å². The predicted molar refractivity (Wildman–Crippen MR) is 99.1 cm³/mol. The summed E-state index contributed by atoms with van der Waals surface area (Å²) in [6.07, 6.45) is 4.09. The van der Waals surface area contributed by atoms with Gasteiger partial charge in [-0.15, -0.1) is 0 Å². The lowest BCUT2D eigenvalue weighted by Crippen LogP contribution is -2.12. The maximum atomic E-state index is 12.5. The molecule has 0 aliphatic carbocycles. The quantitative estimate of drug-likeness (QED) is 0.735. The standard InChI is InChI=1S/C19H21N3O2S/c1-3-16-8-10-19(11-9-16)25(23,24)21-18-12-20-22(14-18)13-17-6-4-15(2)5-7-17/h4-12,14,21H,3,13H2,1-2H3. The summed E-state index contributed by atoms with van der Waals surface area (Å²) in [6, 6.07) is 15.1. The molecule has 130 valence electrons. The fourth-order valence-corrected chi connectivity index (χ4v) is 3.53. The van der Waals surface area contributed by atoms with Crippen molar-refractivity contribution in [1.82, 2.24) is 9.78 Å². The van der Waals surface area contributed by atoms with E-state index in [1.165, 1.54) is 11.8 Å². The van der Waals surface area contributed by atoms with Crippen molar-refractivity contribution in [2.45, 2.75) is 31.7 Å². The van der Waals surface area contributed by atoms with Crippen LogP contribution in [0.25, 0.3) is 0 Å². The molecule has 0 bridgehead atoms. The van der Waals surface area contributed by atoms with E-state index in [1.54, 1.807) is 23.0 Å². The van der Waals surface area contributed by atoms with Crippen molar-refractivity contribution in [3.63, 3.8) is 0 Å². The molecule has 5 nitrogen and oxygen atoms in total. The highest BCUT2D eigenvalue weighted by atomic mass is 32.2. The first-order valence-corrected chi connectivity index (χ1v) is 9.64. The van der Waals surface area contributed by atoms with Gasteiger partial charge in [0.15, 0.2) is 0 Å². The molecule has 1 N–H and O–H groups in total. The van der Waals surface area contributed by atoms with E-state index < -0.39 is 10.0 Å². The first-order chi connectivity index (χ1) is 12.0. The van der Waals surface area contributed by atoms with Crippen molar-refractivity contribution in [1.29, 1.82) is 0 Å². The van der Waals surface area contributed by atoms with Crippen LogP contribution in [0.5, 0.6) is 0 Å². The predicted octanol–water partition coefficient (Wildman–Crippen LogP) is 3.60. The lowest BCUT2D eigenvalue weighted by Gasteiger charge is -2.06. The van der Waals surface area contributed by atoms with Gasteiger partial charge in [-0.1, -0.05) is 48.9 Å². The van der Waals surface area contributed by atoms with Crippen LogP contribution < -0.4 is 4.72 Å². The molecule has 0 amide bonds. The number of sulfonamides is 1. The van der Waals surface area contributed by atoms with Crippen LogP contribution in [0.3, 0.4) is 0 Å². The van der Waals surface area contributed by atoms with Crippen molar-refractivity contribution in [3.05, 3.63) is 77.6 Å². The van der Waals surface area contributed by atoms with E-state index in [0.717, 1.165) is 17.5 Å². The number of anilines is 1. The number of aryl methyl sites for hydroxylation is 2. The van der Waals surface area contributed by atoms with Crippen LogP contribution in [0.15, 0.2) is 65.8 Å². The Morgan fingerprint density at radius 2 is 1.64 bits per heavy atom. The zero-order valence-electron chi connectivity index (χ0n) is 14.3. The van der Waals surface area contributed by atoms with Crippen molar-refractivity contribution >= 4 is 15.7 Å². The van der Waals surface area contributed by atoms with Gasteiger partial charge in [0.1, 0.15) is 0 Å². The first kappa shape index (κ1) is 17.2. The Labute approximate surface area is 148 Å². The molecule has 0 atom stereocenters. The SMILES string of the molecule is CCc1ccc(S(=O)(=O)Nc2cnn(Cc3ccc(C)cc3)c2)cc1. The summed E-state index contributed by atoms with van der Waals surface area (Å²) in [5.74, 6) is 0. The van der Waals surface area contributed by atoms with Crippen molar-refractivity contribution in [2.75, 3.05) is 4.72 Å². The number of rotatable bonds is 6. The first-order valence-electron chi connectivity index (χ1n) is 8.16. The van der Waals surface area contributed by atoms with Gasteiger partial charge in [-0.05, 0) is 36.6 Å². The molecule has 0 fully saturated rings. The van der Waals surface area contributed by atoms with E-state index in [-0.39, 0.29) is 4.90 Å². The van der Waals surface area contributed by atoms with Crippen molar-refractivity contribution in [3.8, 4) is 0 Å². The highest BCUT2D eigenvalue weighted by Crippen LogP contribution is 2.17. The molecular weight excluding hydrogens is 334 g/mol. The Kier molecular flexibility index (Phi) is 4.90. The molecule has 6 heteroatoms. The van der Waals surface area contributed by atoms with Crippen LogP contribution in [0.4, 0.5) is 5.69 Å². The maximum Gasteiger partial charge on any atom is 0.261 e. The normalized spacial score (nSPS) is 11.4. The van der Waals surface area contributed by atoms with Gasteiger partial charge in [0, 0.05) is 6.20 Å². The van der Waals surface area contributed by atoms with Crippen LogP contribution in [0.1, 0.15) is 23.6 Å². The monoisotopic (exact) mass is 355 g/mol. The van der Waals surface area contributed by atoms with Gasteiger partial charge in [-0.25, -0.2) is 8.42 Å². The molecule has 1 aromatic heterocycles. The maximum absolute atomic E-state index is 12.5. The van der Waals surface area contributed by atoms with Gasteiger partial charge in [-0.3, -0.25) is 9.40 Å². The minimum atomic E-state index is -3.61. The van der Waals surface area contributed by atoms with E-state index in [4.69, 9.17) is 0 Å². The van der Waals surface area contributed by atoms with Crippen molar-refractivity contribution < 1.29 is 8.42 Å². The van der Waals surface area contributed by atoms with Crippen LogP contribution >= 0.6 is 0 Å². The summed E-state index contributed by atoms with van der Waals surface area (Å²) in [6.45, 7) is 4.66. The molecule has 3 aromatic rings. The largest absolute Gasteiger partial charge is 0.276 e. The van der Waals surface area contributed by atoms with E-state index in [9.17, 15) is 8.42 Å². The third-order valence-electron chi connectivity index (χ3n) is 3.99. The molecule has 0 spiro atoms. The summed E-state index contributed by atoms with van der Waals surface area (Å²) in [5, 5.41) is 4.23. The fraction of sp³-hybridized carbons (Fsp3) is 0.211. The van der Waals surface area contributed by atoms with E-state index in [2.05, 4.69) is 9.82 Å². The highest BCUT2D eigenvalue weighted by Gasteiger charge is 2.15. The molecule has 0 aliphatic rings. The molecule has 0 saturated carbocycles. The molecule has 2 aromatic carbocycles. The van der Waals surface area contributed by atoms with Crippen LogP contribution in [-0.4, -0.2) is 18.2 Å². The van der Waals surface area contributed by atoms with Crippen molar-refractivity contribution in [2.24, 2.45) is 0 Å². The number of aromatic nitrogens is 2. The smallest absolute Gasteiger partial charge is 0.261 e. The average Bonchev–Trinajstić information content (AvgIpc) is 3.03. The summed E-state index contributed by atoms with van der Waals surface area (Å²) in [5.41, 5.74) is 3.86. The lowest BCUT2D eigenvalue weighted by molar-refractivity contribution is 0.601. The summed E-state index contributed by atoms with van der Waals surface area (Å²) >= 11 is 0. The number of nitrogens with zero attached hydrogens (tertiary/aromatic N) is 2. The Morgan fingerprint density at radius 3 is 2.28 bits per heavy atom. The molecule has 3 rings (SSSR count). The minimum Gasteiger partial charge on any atom is -0.276 e. The molecule has 0 unspecified atom stereocenters. The molecule has 25 heavy (non-hydrogen) atoms. The lowest BCUT2D eigenvalue weighted by atomic mass is 10.1. The number of nitrogens with one attached hydrogen (secondary N) is 1. The van der Waals surface area contributed by atoms with E-state index in [0.29, 0.717) is 12.2 Å². The molecule has 1 heterocycles. The Morgan fingerprint density at radius 1 is 1.00 bits per heavy atom. The van der Waals surface area contributed by atoms with Gasteiger partial charge >= 0.3 is 0 Å². The van der Waals surface area contributed by atoms with Gasteiger partial charge in [-0.2, -0.15) is 5.10 Å². The Hall–Kier alpha value is -2.60. The summed E-state index contributed by atoms with van der Waals surface area (Å²) in [4.78, 5) is 0.246. The highest BCUT2D eigenvalue weighted by molar-refractivity contribution is 7.92. The zero-order chi connectivity index (χ0) is 17.9. The van der Waals surface area contributed by atoms with Gasteiger partial charge in [0.05, 0.1) is 23.3 Å². The average molecular weight is 355 g/mol. The van der Waals surface area contributed by atoms with Gasteiger partial charge in [0.25, 0.3) is 10.0 Å². The summed E-state index contributed by atoms with van der Waals surface area (Å²) in [7, 11) is -3.61. The van der Waals surface area contributed by atoms with Crippen LogP contribution in [-0.2, 0) is 23.0 Å². The third kappa shape index (κ3) is 4.28. The van der Waals surface area contributed by atoms with Crippen LogP contribution in [0.2, 0.25) is 0 Å². The molecular formula is C19H21N3O2S. The second kappa shape index (κ2) is 7.11. The summed E-state index contributed by atoms with van der Waals surface area (Å²) < 4.78 is 29.2. The number of benzene rings is 2. The Bertz CT molecular complexity index is 943. The second-order valence-electron chi connectivity index (χ2n) is 6.02. The minimum absolute atomic E-state index is 0.246. The second-order valence-corrected chi connectivity index (χ2v) is 7.70. The number of hydrogen-bond acceptors (Lipinski definition) is 3. The molecule has 0 aliphatic heterocycles. The molecule has 0 saturated heterocycles. The van der Waals surface area contributed by atoms with Gasteiger partial charge in [0.2, 0.25) is 0 Å². The fourth-order valence-electron chi connectivity index (χ4n) is 2.50. The molecule has 0 radical (unpaired) electrons. The number of hydrogen-bond donors (Lipinski definition) is 1. The third-order valence-corrected chi connectivity index (χ3v) is 5.39. The topological polar surface area (TPSA) is 64.0 Å².